The van der Waals surface area contributed by atoms with Crippen molar-refractivity contribution in [2.75, 3.05) is 0 Å². The predicted molar refractivity (Wildman–Crippen MR) is 71.2 cm³/mol. The van der Waals surface area contributed by atoms with E-state index in [1.807, 2.05) is 0 Å². The minimum Gasteiger partial charge on any atom is -0.545 e. The van der Waals surface area contributed by atoms with Crippen molar-refractivity contribution in [3.63, 3.8) is 0 Å². The van der Waals surface area contributed by atoms with Crippen LogP contribution in [0.2, 0.25) is 0 Å². The predicted octanol–water partition coefficient (Wildman–Crippen LogP) is 2.17. The van der Waals surface area contributed by atoms with Gasteiger partial charge in [0.2, 0.25) is 0 Å². The summed E-state index contributed by atoms with van der Waals surface area (Å²) in [5.74, 6) is -0.912. The van der Waals surface area contributed by atoms with E-state index in [0.29, 0.717) is 5.75 Å². The zero-order valence-electron chi connectivity index (χ0n) is 10.6. The smallest absolute Gasteiger partial charge is 0.123 e. The van der Waals surface area contributed by atoms with Gasteiger partial charge in [0, 0.05) is 0 Å². The molecule has 0 aliphatic rings. The van der Waals surface area contributed by atoms with Crippen LogP contribution < -0.4 is 9.84 Å². The molecule has 0 fully saturated rings. The number of benzene rings is 2. The van der Waals surface area contributed by atoms with Crippen LogP contribution in [0.15, 0.2) is 54.6 Å². The van der Waals surface area contributed by atoms with E-state index in [0.717, 1.165) is 17.2 Å². The van der Waals surface area contributed by atoms with Gasteiger partial charge in [0.1, 0.15) is 18.2 Å². The van der Waals surface area contributed by atoms with E-state index in [1.165, 1.54) is 18.2 Å². The van der Waals surface area contributed by atoms with E-state index in [1.54, 1.807) is 36.4 Å². The Morgan fingerprint density at radius 2 is 1.95 bits per heavy atom. The van der Waals surface area contributed by atoms with Crippen LogP contribution in [0.5, 0.6) is 5.75 Å². The van der Waals surface area contributed by atoms with E-state index in [-0.39, 0.29) is 12.4 Å². The number of carbonyl (C=O) groups is 1. The molecule has 3 nitrogen and oxygen atoms in total. The second kappa shape index (κ2) is 6.52. The molecule has 0 amide bonds. The van der Waals surface area contributed by atoms with Crippen molar-refractivity contribution in [3.8, 4) is 5.75 Å². The molecule has 2 aromatic carbocycles. The zero-order valence-corrected chi connectivity index (χ0v) is 10.6. The fraction of sp³-hybridized carbons (Fsp3) is 0.0625. The van der Waals surface area contributed by atoms with E-state index >= 15 is 0 Å². The number of carboxylic acids is 1. The topological polar surface area (TPSA) is 49.4 Å². The number of ether oxygens (including phenoxy) is 1. The number of carbonyl (C=O) groups excluding carboxylic acids is 1. The fourth-order valence-electron chi connectivity index (χ4n) is 1.63. The van der Waals surface area contributed by atoms with E-state index in [9.17, 15) is 14.3 Å². The van der Waals surface area contributed by atoms with Gasteiger partial charge in [-0.25, -0.2) is 4.39 Å². The molecular formula is C16H12FO3-. The summed E-state index contributed by atoms with van der Waals surface area (Å²) in [4.78, 5) is 10.3. The molecule has 0 atom stereocenters. The van der Waals surface area contributed by atoms with Crippen LogP contribution in [0.3, 0.4) is 0 Å². The zero-order chi connectivity index (χ0) is 14.4. The van der Waals surface area contributed by atoms with Crippen molar-refractivity contribution >= 4 is 12.0 Å². The van der Waals surface area contributed by atoms with Crippen molar-refractivity contribution in [3.05, 3.63) is 71.6 Å². The van der Waals surface area contributed by atoms with Gasteiger partial charge in [-0.15, -0.1) is 0 Å². The van der Waals surface area contributed by atoms with Crippen LogP contribution in [-0.2, 0) is 11.4 Å². The van der Waals surface area contributed by atoms with Crippen LogP contribution in [0.4, 0.5) is 4.39 Å². The maximum atomic E-state index is 13.0. The van der Waals surface area contributed by atoms with Crippen LogP contribution in [-0.4, -0.2) is 5.97 Å². The number of hydrogen-bond donors (Lipinski definition) is 0. The maximum absolute atomic E-state index is 13.0. The van der Waals surface area contributed by atoms with E-state index < -0.39 is 5.97 Å². The minimum atomic E-state index is -1.24. The SMILES string of the molecule is O=C([O-])/C=C/c1ccc(OCc2cccc(F)c2)cc1. The van der Waals surface area contributed by atoms with Crippen molar-refractivity contribution in [2.45, 2.75) is 6.61 Å². The molecule has 0 spiro atoms. The van der Waals surface area contributed by atoms with Gasteiger partial charge in [0.15, 0.2) is 0 Å². The Balaban J connectivity index is 1.95. The average molecular weight is 271 g/mol. The first-order chi connectivity index (χ1) is 9.63. The Morgan fingerprint density at radius 1 is 1.20 bits per heavy atom. The molecule has 0 radical (unpaired) electrons. The van der Waals surface area contributed by atoms with Gasteiger partial charge in [-0.05, 0) is 41.5 Å². The van der Waals surface area contributed by atoms with Gasteiger partial charge in [0.25, 0.3) is 0 Å². The Bertz CT molecular complexity index is 618. The molecule has 0 saturated carbocycles. The minimum absolute atomic E-state index is 0.270. The van der Waals surface area contributed by atoms with Crippen LogP contribution >= 0.6 is 0 Å². The summed E-state index contributed by atoms with van der Waals surface area (Å²) in [5.41, 5.74) is 1.47. The fourth-order valence-corrected chi connectivity index (χ4v) is 1.63. The Labute approximate surface area is 115 Å². The molecule has 0 saturated heterocycles. The molecule has 0 bridgehead atoms. The summed E-state index contributed by atoms with van der Waals surface area (Å²) < 4.78 is 18.5. The van der Waals surface area contributed by atoms with Crippen LogP contribution in [0.25, 0.3) is 6.08 Å². The van der Waals surface area contributed by atoms with Crippen molar-refractivity contribution < 1.29 is 19.0 Å². The summed E-state index contributed by atoms with van der Waals surface area (Å²) in [6.07, 6.45) is 2.40. The molecule has 0 heterocycles. The van der Waals surface area contributed by atoms with Gasteiger partial charge in [-0.2, -0.15) is 0 Å². The second-order valence-corrected chi connectivity index (χ2v) is 4.14. The summed E-state index contributed by atoms with van der Waals surface area (Å²) in [5, 5.41) is 10.3. The number of rotatable bonds is 5. The molecular weight excluding hydrogens is 259 g/mol. The van der Waals surface area contributed by atoms with Gasteiger partial charge in [-0.1, -0.05) is 30.3 Å². The third-order valence-corrected chi connectivity index (χ3v) is 2.59. The first kappa shape index (κ1) is 13.8. The Morgan fingerprint density at radius 3 is 2.60 bits per heavy atom. The lowest BCUT2D eigenvalue weighted by Crippen LogP contribution is -2.18. The highest BCUT2D eigenvalue weighted by Crippen LogP contribution is 2.15. The first-order valence-electron chi connectivity index (χ1n) is 6.00. The second-order valence-electron chi connectivity index (χ2n) is 4.14. The molecule has 4 heteroatoms. The lowest BCUT2D eigenvalue weighted by atomic mass is 10.2. The molecule has 2 aromatic rings. The Hall–Kier alpha value is -2.62. The standard InChI is InChI=1S/C16H13FO3/c17-14-3-1-2-13(10-14)11-20-15-7-4-12(5-8-15)6-9-16(18)19/h1-10H,11H2,(H,18,19)/p-1/b9-6+. The number of hydrogen-bond acceptors (Lipinski definition) is 3. The molecule has 0 aromatic heterocycles. The monoisotopic (exact) mass is 271 g/mol. The summed E-state index contributed by atoms with van der Waals surface area (Å²) in [6, 6.07) is 13.1. The normalized spacial score (nSPS) is 10.7. The third-order valence-electron chi connectivity index (χ3n) is 2.59. The number of halogens is 1. The highest BCUT2D eigenvalue weighted by atomic mass is 19.1. The Kier molecular flexibility index (Phi) is 4.50. The van der Waals surface area contributed by atoms with Gasteiger partial charge in [0.05, 0.1) is 5.97 Å². The number of carboxylic acid groups (broad SMARTS) is 1. The third kappa shape index (κ3) is 4.24. The summed E-state index contributed by atoms with van der Waals surface area (Å²) >= 11 is 0. The maximum Gasteiger partial charge on any atom is 0.123 e. The molecule has 0 unspecified atom stereocenters. The van der Waals surface area contributed by atoms with Crippen LogP contribution in [0.1, 0.15) is 11.1 Å². The van der Waals surface area contributed by atoms with Gasteiger partial charge < -0.3 is 14.6 Å². The quantitative estimate of drug-likeness (QED) is 0.783. The summed E-state index contributed by atoms with van der Waals surface area (Å²) in [7, 11) is 0. The van der Waals surface area contributed by atoms with Gasteiger partial charge in [-0.3, -0.25) is 0 Å². The highest BCUT2D eigenvalue weighted by Gasteiger charge is 1.97. The first-order valence-corrected chi connectivity index (χ1v) is 6.00. The largest absolute Gasteiger partial charge is 0.545 e. The van der Waals surface area contributed by atoms with Gasteiger partial charge >= 0.3 is 0 Å². The van der Waals surface area contributed by atoms with Crippen LogP contribution in [0, 0.1) is 5.82 Å². The lowest BCUT2D eigenvalue weighted by molar-refractivity contribution is -0.297. The van der Waals surface area contributed by atoms with E-state index in [2.05, 4.69) is 0 Å². The molecule has 20 heavy (non-hydrogen) atoms. The molecule has 102 valence electrons. The average Bonchev–Trinajstić information content (AvgIpc) is 2.44. The van der Waals surface area contributed by atoms with Crippen molar-refractivity contribution in [1.82, 2.24) is 0 Å². The van der Waals surface area contributed by atoms with Crippen molar-refractivity contribution in [2.24, 2.45) is 0 Å². The molecule has 0 aliphatic heterocycles. The molecule has 2 rings (SSSR count). The van der Waals surface area contributed by atoms with E-state index in [4.69, 9.17) is 4.74 Å². The summed E-state index contributed by atoms with van der Waals surface area (Å²) in [6.45, 7) is 0.270. The highest BCUT2D eigenvalue weighted by molar-refractivity contribution is 5.83. The lowest BCUT2D eigenvalue weighted by Gasteiger charge is -2.06. The molecule has 0 aliphatic carbocycles. The number of aliphatic carboxylic acids is 1. The molecule has 0 N–H and O–H groups in total. The van der Waals surface area contributed by atoms with Crippen molar-refractivity contribution in [1.29, 1.82) is 0 Å².